The molecule has 0 saturated carbocycles. The highest BCUT2D eigenvalue weighted by molar-refractivity contribution is 6.14. The molecule has 12 aromatic rings. The number of para-hydroxylation sites is 4. The van der Waals surface area contributed by atoms with E-state index in [1.165, 1.54) is 27.4 Å². The van der Waals surface area contributed by atoms with Crippen LogP contribution in [0.3, 0.4) is 0 Å². The normalized spacial score (nSPS) is 12.1. The van der Waals surface area contributed by atoms with Crippen LogP contribution in [-0.2, 0) is 0 Å². The summed E-state index contributed by atoms with van der Waals surface area (Å²) in [4.78, 5) is 19.7. The van der Waals surface area contributed by atoms with E-state index in [0.29, 0.717) is 16.6 Å². The van der Waals surface area contributed by atoms with Crippen LogP contribution in [-0.4, -0.2) is 18.5 Å². The third-order valence-corrected chi connectivity index (χ3v) is 11.4. The first-order valence-corrected chi connectivity index (χ1v) is 18.6. The Kier molecular flexibility index (Phi) is 6.14. The monoisotopic (exact) mass is 702 g/mol. The Hall–Kier alpha value is -7.50. The maximum atomic E-state index is 14.6. The Labute approximate surface area is 314 Å². The van der Waals surface area contributed by atoms with Crippen LogP contribution in [0, 0.1) is 0 Å². The fourth-order valence-electron chi connectivity index (χ4n) is 8.96. The van der Waals surface area contributed by atoms with Gasteiger partial charge in [-0.3, -0.25) is 9.20 Å². The molecule has 5 heteroatoms. The fourth-order valence-corrected chi connectivity index (χ4v) is 8.96. The van der Waals surface area contributed by atoms with Crippen LogP contribution in [0.5, 0.6) is 0 Å². The number of hydrogen-bond donors (Lipinski definition) is 0. The van der Waals surface area contributed by atoms with Crippen LogP contribution < -0.4 is 5.56 Å². The number of fused-ring (bicyclic) bond motifs is 13. The van der Waals surface area contributed by atoms with E-state index in [2.05, 4.69) is 149 Å². The van der Waals surface area contributed by atoms with Crippen molar-refractivity contribution in [3.63, 3.8) is 0 Å². The SMILES string of the molecule is O=c1c2cc(-n3c4ccccc4c4cc(-c5ccc6c(c5)c5ccccc5n6-c5ccccc5)ccc43)ccc2nc2c3ccccc3c3ccccc3n12. The lowest BCUT2D eigenvalue weighted by Gasteiger charge is -2.13. The molecule has 0 fully saturated rings. The molecule has 0 aliphatic rings. The minimum absolute atomic E-state index is 0.0733. The van der Waals surface area contributed by atoms with Crippen molar-refractivity contribution in [2.75, 3.05) is 0 Å². The van der Waals surface area contributed by atoms with E-state index >= 15 is 0 Å². The largest absolute Gasteiger partial charge is 0.309 e. The van der Waals surface area contributed by atoms with E-state index in [4.69, 9.17) is 4.98 Å². The number of rotatable bonds is 3. The molecule has 0 atom stereocenters. The van der Waals surface area contributed by atoms with Gasteiger partial charge in [0.05, 0.1) is 38.5 Å². The summed E-state index contributed by atoms with van der Waals surface area (Å²) in [6.07, 6.45) is 0. The summed E-state index contributed by atoms with van der Waals surface area (Å²) < 4.78 is 6.41. The second-order valence-electron chi connectivity index (χ2n) is 14.3. The van der Waals surface area contributed by atoms with Crippen LogP contribution in [0.4, 0.5) is 0 Å². The van der Waals surface area contributed by atoms with Crippen molar-refractivity contribution in [2.24, 2.45) is 0 Å². The fraction of sp³-hybridized carbons (Fsp3) is 0. The van der Waals surface area contributed by atoms with E-state index in [1.54, 1.807) is 4.40 Å². The van der Waals surface area contributed by atoms with Gasteiger partial charge in [-0.05, 0) is 89.3 Å². The van der Waals surface area contributed by atoms with Gasteiger partial charge in [0.15, 0.2) is 0 Å². The molecule has 5 nitrogen and oxygen atoms in total. The van der Waals surface area contributed by atoms with Crippen LogP contribution in [0.15, 0.2) is 187 Å². The molecule has 0 aliphatic carbocycles. The van der Waals surface area contributed by atoms with Crippen molar-refractivity contribution in [3.05, 3.63) is 192 Å². The van der Waals surface area contributed by atoms with Gasteiger partial charge in [0.1, 0.15) is 5.65 Å². The Morgan fingerprint density at radius 1 is 0.345 bits per heavy atom. The van der Waals surface area contributed by atoms with E-state index in [-0.39, 0.29) is 5.56 Å². The van der Waals surface area contributed by atoms with Gasteiger partial charge in [-0.15, -0.1) is 0 Å². The molecule has 0 amide bonds. The van der Waals surface area contributed by atoms with Gasteiger partial charge in [-0.2, -0.15) is 0 Å². The average molecular weight is 703 g/mol. The van der Waals surface area contributed by atoms with Gasteiger partial charge in [-0.25, -0.2) is 4.98 Å². The van der Waals surface area contributed by atoms with Crippen LogP contribution in [0.25, 0.3) is 104 Å². The van der Waals surface area contributed by atoms with E-state index < -0.39 is 0 Å². The number of benzene rings is 8. The maximum Gasteiger partial charge on any atom is 0.266 e. The van der Waals surface area contributed by atoms with Crippen LogP contribution in [0.1, 0.15) is 0 Å². The van der Waals surface area contributed by atoms with Gasteiger partial charge < -0.3 is 9.13 Å². The van der Waals surface area contributed by atoms with Crippen molar-refractivity contribution in [1.29, 1.82) is 0 Å². The highest BCUT2D eigenvalue weighted by Crippen LogP contribution is 2.38. The van der Waals surface area contributed by atoms with Gasteiger partial charge >= 0.3 is 0 Å². The van der Waals surface area contributed by atoms with E-state index in [0.717, 1.165) is 60.4 Å². The number of pyridine rings is 1. The predicted molar refractivity (Wildman–Crippen MR) is 228 cm³/mol. The summed E-state index contributed by atoms with van der Waals surface area (Å²) in [5, 5.41) is 8.44. The molecule has 4 aromatic heterocycles. The first-order chi connectivity index (χ1) is 27.2. The minimum Gasteiger partial charge on any atom is -0.309 e. The smallest absolute Gasteiger partial charge is 0.266 e. The van der Waals surface area contributed by atoms with E-state index in [1.807, 2.05) is 42.5 Å². The summed E-state index contributed by atoms with van der Waals surface area (Å²) in [5.41, 5.74) is 11.1. The zero-order chi connectivity index (χ0) is 36.2. The molecule has 0 bridgehead atoms. The minimum atomic E-state index is -0.0733. The topological polar surface area (TPSA) is 44.2 Å². The standard InChI is InChI=1S/C50H30N4O/c55-50-42-30-34(24-25-43(42)51-49-39-18-5-4-14-35(39)36-15-6-11-21-46(36)54(49)50)53-45-20-10-8-17-38(45)41-29-32(23-27-48(41)53)31-22-26-47-40(28-31)37-16-7-9-19-44(37)52(47)33-12-2-1-3-13-33/h1-30H. The van der Waals surface area contributed by atoms with Crippen LogP contribution in [0.2, 0.25) is 0 Å². The summed E-state index contributed by atoms with van der Waals surface area (Å²) >= 11 is 0. The summed E-state index contributed by atoms with van der Waals surface area (Å²) in [7, 11) is 0. The Morgan fingerprint density at radius 3 is 1.47 bits per heavy atom. The quantitative estimate of drug-likeness (QED) is 0.136. The summed E-state index contributed by atoms with van der Waals surface area (Å²) in [5.74, 6) is 0. The number of hydrogen-bond acceptors (Lipinski definition) is 2. The number of aromatic nitrogens is 4. The second-order valence-corrected chi connectivity index (χ2v) is 14.3. The second kappa shape index (κ2) is 11.3. The molecule has 0 unspecified atom stereocenters. The Morgan fingerprint density at radius 2 is 0.836 bits per heavy atom. The lowest BCUT2D eigenvalue weighted by molar-refractivity contribution is 1.13. The highest BCUT2D eigenvalue weighted by Gasteiger charge is 2.18. The zero-order valence-corrected chi connectivity index (χ0v) is 29.5. The maximum absolute atomic E-state index is 14.6. The van der Waals surface area contributed by atoms with Crippen molar-refractivity contribution in [3.8, 4) is 22.5 Å². The van der Waals surface area contributed by atoms with Crippen molar-refractivity contribution in [2.45, 2.75) is 0 Å². The molecule has 0 N–H and O–H groups in total. The molecule has 55 heavy (non-hydrogen) atoms. The lowest BCUT2D eigenvalue weighted by Crippen LogP contribution is -2.17. The average Bonchev–Trinajstić information content (AvgIpc) is 3.76. The molecule has 8 aromatic carbocycles. The zero-order valence-electron chi connectivity index (χ0n) is 29.5. The molecule has 0 saturated heterocycles. The molecule has 0 aliphatic heterocycles. The molecular formula is C50H30N4O. The van der Waals surface area contributed by atoms with Gasteiger partial charge in [-0.1, -0.05) is 109 Å². The third kappa shape index (κ3) is 4.23. The molecule has 4 heterocycles. The number of nitrogens with zero attached hydrogens (tertiary/aromatic N) is 4. The first kappa shape index (κ1) is 30.0. The third-order valence-electron chi connectivity index (χ3n) is 11.4. The summed E-state index contributed by atoms with van der Waals surface area (Å²) in [6.45, 7) is 0. The van der Waals surface area contributed by atoms with Gasteiger partial charge in [0.25, 0.3) is 5.56 Å². The Bertz CT molecular complexity index is 3630. The predicted octanol–water partition coefficient (Wildman–Crippen LogP) is 12.0. The molecule has 256 valence electrons. The van der Waals surface area contributed by atoms with E-state index in [9.17, 15) is 4.79 Å². The van der Waals surface area contributed by atoms with Crippen molar-refractivity contribution in [1.82, 2.24) is 18.5 Å². The molecule has 0 radical (unpaired) electrons. The van der Waals surface area contributed by atoms with Crippen LogP contribution >= 0.6 is 0 Å². The first-order valence-electron chi connectivity index (χ1n) is 18.6. The Balaban J connectivity index is 1.06. The highest BCUT2D eigenvalue weighted by atomic mass is 16.1. The molecule has 0 spiro atoms. The van der Waals surface area contributed by atoms with Crippen molar-refractivity contribution >= 4 is 81.8 Å². The van der Waals surface area contributed by atoms with Gasteiger partial charge in [0.2, 0.25) is 0 Å². The lowest BCUT2D eigenvalue weighted by atomic mass is 10.0. The van der Waals surface area contributed by atoms with Crippen molar-refractivity contribution < 1.29 is 0 Å². The molecule has 12 rings (SSSR count). The summed E-state index contributed by atoms with van der Waals surface area (Å²) in [6, 6.07) is 63.7. The van der Waals surface area contributed by atoms with Gasteiger partial charge in [0, 0.05) is 43.7 Å². The molecular weight excluding hydrogens is 673 g/mol.